The lowest BCUT2D eigenvalue weighted by Crippen LogP contribution is -2.50. The molecule has 2 fully saturated rings. The van der Waals surface area contributed by atoms with Gasteiger partial charge in [-0.1, -0.05) is 37.3 Å². The molecule has 1 saturated carbocycles. The van der Waals surface area contributed by atoms with Crippen LogP contribution in [0.4, 0.5) is 0 Å². The first-order valence-electron chi connectivity index (χ1n) is 9.12. The lowest BCUT2D eigenvalue weighted by atomic mass is 10.1. The van der Waals surface area contributed by atoms with Crippen molar-refractivity contribution in [2.75, 3.05) is 26.2 Å². The average molecular weight is 352 g/mol. The molecule has 6 heteroatoms. The van der Waals surface area contributed by atoms with Crippen LogP contribution in [0.2, 0.25) is 0 Å². The van der Waals surface area contributed by atoms with E-state index in [1.165, 1.54) is 12.8 Å². The van der Waals surface area contributed by atoms with Gasteiger partial charge in [-0.05, 0) is 43.7 Å². The molecule has 0 aromatic heterocycles. The summed E-state index contributed by atoms with van der Waals surface area (Å²) in [6.45, 7) is 5.19. The quantitative estimate of drug-likeness (QED) is 0.781. The van der Waals surface area contributed by atoms with Crippen LogP contribution < -0.4 is 5.32 Å². The SMILES string of the molecule is CCN(Cc1ccccc1)S(=O)(=O)N1CCC(NCC2CC2)CC1. The first-order valence-corrected chi connectivity index (χ1v) is 10.5. The first-order chi connectivity index (χ1) is 11.6. The molecule has 24 heavy (non-hydrogen) atoms. The minimum atomic E-state index is -3.38. The summed E-state index contributed by atoms with van der Waals surface area (Å²) >= 11 is 0. The third kappa shape index (κ3) is 4.57. The van der Waals surface area contributed by atoms with Crippen LogP contribution in [-0.4, -0.2) is 49.2 Å². The van der Waals surface area contributed by atoms with Gasteiger partial charge >= 0.3 is 0 Å². The van der Waals surface area contributed by atoms with Gasteiger partial charge in [-0.2, -0.15) is 17.0 Å². The molecule has 0 atom stereocenters. The molecule has 1 heterocycles. The Morgan fingerprint density at radius 3 is 2.38 bits per heavy atom. The predicted molar refractivity (Wildman–Crippen MR) is 96.8 cm³/mol. The van der Waals surface area contributed by atoms with Crippen LogP contribution in [0.1, 0.15) is 38.2 Å². The zero-order valence-corrected chi connectivity index (χ0v) is 15.3. The molecule has 0 unspecified atom stereocenters. The highest BCUT2D eigenvalue weighted by Gasteiger charge is 2.32. The lowest BCUT2D eigenvalue weighted by Gasteiger charge is -2.35. The van der Waals surface area contributed by atoms with Crippen LogP contribution in [0, 0.1) is 5.92 Å². The first kappa shape index (κ1) is 17.9. The van der Waals surface area contributed by atoms with Gasteiger partial charge in [0, 0.05) is 32.2 Å². The topological polar surface area (TPSA) is 52.7 Å². The molecule has 0 radical (unpaired) electrons. The maximum atomic E-state index is 12.9. The largest absolute Gasteiger partial charge is 0.314 e. The van der Waals surface area contributed by atoms with Crippen LogP contribution in [-0.2, 0) is 16.8 Å². The molecule has 1 saturated heterocycles. The minimum Gasteiger partial charge on any atom is -0.314 e. The van der Waals surface area contributed by atoms with Crippen LogP contribution in [0.5, 0.6) is 0 Å². The molecule has 5 nitrogen and oxygen atoms in total. The van der Waals surface area contributed by atoms with Gasteiger partial charge in [0.15, 0.2) is 0 Å². The van der Waals surface area contributed by atoms with Gasteiger partial charge in [0.2, 0.25) is 0 Å². The van der Waals surface area contributed by atoms with Crippen molar-refractivity contribution in [3.05, 3.63) is 35.9 Å². The van der Waals surface area contributed by atoms with Gasteiger partial charge in [-0.15, -0.1) is 0 Å². The Kier molecular flexibility index (Phi) is 5.92. The Balaban J connectivity index is 1.55. The fourth-order valence-corrected chi connectivity index (χ4v) is 4.89. The molecule has 2 aliphatic rings. The van der Waals surface area contributed by atoms with Crippen molar-refractivity contribution < 1.29 is 8.42 Å². The maximum absolute atomic E-state index is 12.9. The highest BCUT2D eigenvalue weighted by Crippen LogP contribution is 2.28. The molecule has 3 rings (SSSR count). The van der Waals surface area contributed by atoms with Crippen molar-refractivity contribution >= 4 is 10.2 Å². The number of piperidine rings is 1. The molecular weight excluding hydrogens is 322 g/mol. The Morgan fingerprint density at radius 2 is 1.79 bits per heavy atom. The van der Waals surface area contributed by atoms with Gasteiger partial charge in [0.25, 0.3) is 10.2 Å². The van der Waals surface area contributed by atoms with E-state index in [9.17, 15) is 8.42 Å². The van der Waals surface area contributed by atoms with Crippen LogP contribution in [0.25, 0.3) is 0 Å². The second-order valence-electron chi connectivity index (χ2n) is 6.94. The molecule has 0 amide bonds. The summed E-state index contributed by atoms with van der Waals surface area (Å²) in [6.07, 6.45) is 4.53. The number of nitrogens with zero attached hydrogens (tertiary/aromatic N) is 2. The summed E-state index contributed by atoms with van der Waals surface area (Å²) in [7, 11) is -3.38. The molecule has 1 N–H and O–H groups in total. The summed E-state index contributed by atoms with van der Waals surface area (Å²) < 4.78 is 29.1. The summed E-state index contributed by atoms with van der Waals surface area (Å²) in [5.74, 6) is 0.869. The van der Waals surface area contributed by atoms with Gasteiger partial charge < -0.3 is 5.32 Å². The molecule has 1 aromatic carbocycles. The van der Waals surface area contributed by atoms with Gasteiger partial charge in [-0.25, -0.2) is 0 Å². The average Bonchev–Trinajstić information content (AvgIpc) is 3.43. The second kappa shape index (κ2) is 7.95. The molecule has 0 spiro atoms. The van der Waals surface area contributed by atoms with E-state index >= 15 is 0 Å². The summed E-state index contributed by atoms with van der Waals surface area (Å²) in [5, 5.41) is 3.60. The number of benzene rings is 1. The van der Waals surface area contributed by atoms with Crippen LogP contribution in [0.15, 0.2) is 30.3 Å². The van der Waals surface area contributed by atoms with Crippen LogP contribution >= 0.6 is 0 Å². The fourth-order valence-electron chi connectivity index (χ4n) is 3.25. The lowest BCUT2D eigenvalue weighted by molar-refractivity contribution is 0.265. The van der Waals surface area contributed by atoms with Crippen molar-refractivity contribution in [3.63, 3.8) is 0 Å². The number of nitrogens with one attached hydrogen (secondary N) is 1. The highest BCUT2D eigenvalue weighted by molar-refractivity contribution is 7.86. The van der Waals surface area contributed by atoms with Crippen molar-refractivity contribution in [2.45, 2.75) is 45.2 Å². The van der Waals surface area contributed by atoms with Crippen molar-refractivity contribution in [3.8, 4) is 0 Å². The predicted octanol–water partition coefficient (Wildman–Crippen LogP) is 2.22. The molecule has 1 aliphatic carbocycles. The van der Waals surface area contributed by atoms with E-state index in [4.69, 9.17) is 0 Å². The van der Waals surface area contributed by atoms with E-state index in [0.717, 1.165) is 30.9 Å². The number of rotatable bonds is 8. The standard InChI is InChI=1S/C18H29N3O2S/c1-2-20(15-17-6-4-3-5-7-17)24(22,23)21-12-10-18(11-13-21)19-14-16-8-9-16/h3-7,16,18-19H,2,8-15H2,1H3. The van der Waals surface area contributed by atoms with E-state index < -0.39 is 10.2 Å². The Bertz CT molecular complexity index is 608. The van der Waals surface area contributed by atoms with Crippen LogP contribution in [0.3, 0.4) is 0 Å². The zero-order chi connectivity index (χ0) is 17.0. The number of hydrogen-bond donors (Lipinski definition) is 1. The Morgan fingerprint density at radius 1 is 1.12 bits per heavy atom. The summed E-state index contributed by atoms with van der Waals surface area (Å²) in [4.78, 5) is 0. The normalized spacial score (nSPS) is 20.6. The molecule has 0 bridgehead atoms. The molecule has 1 aromatic rings. The van der Waals surface area contributed by atoms with Crippen molar-refractivity contribution in [1.29, 1.82) is 0 Å². The highest BCUT2D eigenvalue weighted by atomic mass is 32.2. The van der Waals surface area contributed by atoms with Gasteiger partial charge in [0.1, 0.15) is 0 Å². The summed E-state index contributed by atoms with van der Waals surface area (Å²) in [6, 6.07) is 10.3. The van der Waals surface area contributed by atoms with E-state index in [1.807, 2.05) is 37.3 Å². The van der Waals surface area contributed by atoms with Crippen molar-refractivity contribution in [1.82, 2.24) is 13.9 Å². The third-order valence-corrected chi connectivity index (χ3v) is 7.11. The van der Waals surface area contributed by atoms with Gasteiger partial charge in [0.05, 0.1) is 0 Å². The minimum absolute atomic E-state index is 0.444. The monoisotopic (exact) mass is 351 g/mol. The van der Waals surface area contributed by atoms with E-state index in [-0.39, 0.29) is 0 Å². The smallest absolute Gasteiger partial charge is 0.282 e. The summed E-state index contributed by atoms with van der Waals surface area (Å²) in [5.41, 5.74) is 1.03. The molecular formula is C18H29N3O2S. The third-order valence-electron chi connectivity index (χ3n) is 5.05. The number of hydrogen-bond acceptors (Lipinski definition) is 3. The molecule has 134 valence electrons. The van der Waals surface area contributed by atoms with E-state index in [0.29, 0.717) is 32.2 Å². The Hall–Kier alpha value is -0.950. The zero-order valence-electron chi connectivity index (χ0n) is 14.5. The van der Waals surface area contributed by atoms with E-state index in [2.05, 4.69) is 5.32 Å². The Labute approximate surface area is 146 Å². The second-order valence-corrected chi connectivity index (χ2v) is 8.87. The van der Waals surface area contributed by atoms with E-state index in [1.54, 1.807) is 8.61 Å². The van der Waals surface area contributed by atoms with Gasteiger partial charge in [-0.3, -0.25) is 0 Å². The van der Waals surface area contributed by atoms with Crippen molar-refractivity contribution in [2.24, 2.45) is 5.92 Å². The molecule has 1 aliphatic heterocycles. The fraction of sp³-hybridized carbons (Fsp3) is 0.667. The maximum Gasteiger partial charge on any atom is 0.282 e.